The molecule has 0 saturated heterocycles. The molecule has 0 saturated carbocycles. The highest BCUT2D eigenvalue weighted by molar-refractivity contribution is 5.94. The molecule has 116 valence electrons. The number of rotatable bonds is 3. The average molecular weight is 305 g/mol. The minimum atomic E-state index is -0.0723. The molecule has 0 aliphatic rings. The molecule has 23 heavy (non-hydrogen) atoms. The van der Waals surface area contributed by atoms with Gasteiger partial charge in [-0.15, -0.1) is 0 Å². The van der Waals surface area contributed by atoms with E-state index in [-0.39, 0.29) is 5.91 Å². The molecule has 0 unspecified atom stereocenters. The van der Waals surface area contributed by atoms with Gasteiger partial charge in [0.25, 0.3) is 0 Å². The first-order chi connectivity index (χ1) is 11.0. The van der Waals surface area contributed by atoms with Gasteiger partial charge in [0.05, 0.1) is 5.52 Å². The van der Waals surface area contributed by atoms with Gasteiger partial charge in [0.1, 0.15) is 0 Å². The molecule has 4 nitrogen and oxygen atoms in total. The number of hydrogen-bond acceptors (Lipinski definition) is 3. The Morgan fingerprint density at radius 3 is 2.35 bits per heavy atom. The van der Waals surface area contributed by atoms with Crippen LogP contribution in [0.2, 0.25) is 0 Å². The van der Waals surface area contributed by atoms with Gasteiger partial charge in [-0.3, -0.25) is 9.78 Å². The number of hydrogen-bond donors (Lipinski definition) is 2. The fraction of sp³-hybridized carbons (Fsp3) is 0.158. The van der Waals surface area contributed by atoms with Crippen molar-refractivity contribution in [3.8, 4) is 0 Å². The van der Waals surface area contributed by atoms with E-state index < -0.39 is 0 Å². The maximum absolute atomic E-state index is 11.1. The second kappa shape index (κ2) is 6.08. The van der Waals surface area contributed by atoms with Crippen LogP contribution in [-0.4, -0.2) is 10.9 Å². The fourth-order valence-electron chi connectivity index (χ4n) is 2.57. The van der Waals surface area contributed by atoms with E-state index in [0.29, 0.717) is 0 Å². The largest absolute Gasteiger partial charge is 0.355 e. The van der Waals surface area contributed by atoms with Crippen LogP contribution in [0.5, 0.6) is 0 Å². The summed E-state index contributed by atoms with van der Waals surface area (Å²) in [4.78, 5) is 15.6. The van der Waals surface area contributed by atoms with Crippen molar-refractivity contribution in [1.82, 2.24) is 4.98 Å². The zero-order valence-corrected chi connectivity index (χ0v) is 13.5. The average Bonchev–Trinajstić information content (AvgIpc) is 2.49. The standard InChI is InChI=1S/C19H19N3O/c1-12-4-9-18-17(10-12)19(11-13(2)20-18)22-16-7-5-15(6-8-16)21-14(3)23/h4-11H,1-3H3,(H,20,22)(H,21,23). The number of pyridine rings is 1. The number of nitrogens with one attached hydrogen (secondary N) is 2. The van der Waals surface area contributed by atoms with Crippen LogP contribution in [-0.2, 0) is 4.79 Å². The van der Waals surface area contributed by atoms with Crippen LogP contribution in [0, 0.1) is 13.8 Å². The first-order valence-corrected chi connectivity index (χ1v) is 7.54. The Morgan fingerprint density at radius 2 is 1.65 bits per heavy atom. The molecule has 0 aliphatic heterocycles. The number of aromatic nitrogens is 1. The number of amides is 1. The Kier molecular flexibility index (Phi) is 3.98. The van der Waals surface area contributed by atoms with Crippen molar-refractivity contribution >= 4 is 33.9 Å². The van der Waals surface area contributed by atoms with E-state index in [1.165, 1.54) is 12.5 Å². The van der Waals surface area contributed by atoms with Crippen molar-refractivity contribution in [1.29, 1.82) is 0 Å². The first-order valence-electron chi connectivity index (χ1n) is 7.54. The third-order valence-electron chi connectivity index (χ3n) is 3.58. The quantitative estimate of drug-likeness (QED) is 0.746. The fourth-order valence-corrected chi connectivity index (χ4v) is 2.57. The minimum Gasteiger partial charge on any atom is -0.355 e. The third-order valence-corrected chi connectivity index (χ3v) is 3.58. The molecule has 1 amide bonds. The monoisotopic (exact) mass is 305 g/mol. The Balaban J connectivity index is 1.94. The number of aryl methyl sites for hydroxylation is 2. The van der Waals surface area contributed by atoms with Gasteiger partial charge in [-0.2, -0.15) is 0 Å². The van der Waals surface area contributed by atoms with Crippen LogP contribution in [0.4, 0.5) is 17.1 Å². The summed E-state index contributed by atoms with van der Waals surface area (Å²) in [5.74, 6) is -0.0723. The van der Waals surface area contributed by atoms with Crippen molar-refractivity contribution in [2.45, 2.75) is 20.8 Å². The van der Waals surface area contributed by atoms with Crippen molar-refractivity contribution < 1.29 is 4.79 Å². The predicted octanol–water partition coefficient (Wildman–Crippen LogP) is 4.55. The number of nitrogens with zero attached hydrogens (tertiary/aromatic N) is 1. The molecule has 1 heterocycles. The Labute approximate surface area is 135 Å². The lowest BCUT2D eigenvalue weighted by Gasteiger charge is -2.12. The van der Waals surface area contributed by atoms with Crippen molar-refractivity contribution in [3.63, 3.8) is 0 Å². The zero-order chi connectivity index (χ0) is 16.4. The van der Waals surface area contributed by atoms with Crippen molar-refractivity contribution in [2.24, 2.45) is 0 Å². The molecule has 1 aromatic heterocycles. The van der Waals surface area contributed by atoms with Gasteiger partial charge in [0.15, 0.2) is 0 Å². The molecule has 0 aliphatic carbocycles. The highest BCUT2D eigenvalue weighted by Gasteiger charge is 2.05. The predicted molar refractivity (Wildman–Crippen MR) is 95.2 cm³/mol. The van der Waals surface area contributed by atoms with Crippen molar-refractivity contribution in [2.75, 3.05) is 10.6 Å². The molecule has 2 N–H and O–H groups in total. The van der Waals surface area contributed by atoms with E-state index in [0.717, 1.165) is 33.7 Å². The van der Waals surface area contributed by atoms with Crippen molar-refractivity contribution in [3.05, 3.63) is 59.8 Å². The summed E-state index contributed by atoms with van der Waals surface area (Å²) < 4.78 is 0. The molecule has 4 heteroatoms. The molecule has 0 fully saturated rings. The van der Waals surface area contributed by atoms with Gasteiger partial charge in [0.2, 0.25) is 5.91 Å². The van der Waals surface area contributed by atoms with Gasteiger partial charge in [-0.25, -0.2) is 0 Å². The lowest BCUT2D eigenvalue weighted by atomic mass is 10.1. The summed E-state index contributed by atoms with van der Waals surface area (Å²) >= 11 is 0. The Morgan fingerprint density at radius 1 is 0.957 bits per heavy atom. The molecule has 2 aromatic carbocycles. The summed E-state index contributed by atoms with van der Waals surface area (Å²) in [7, 11) is 0. The number of carbonyl (C=O) groups is 1. The van der Waals surface area contributed by atoms with Gasteiger partial charge in [0, 0.05) is 35.1 Å². The van der Waals surface area contributed by atoms with Crippen LogP contribution in [0.3, 0.4) is 0 Å². The van der Waals surface area contributed by atoms with Crippen LogP contribution >= 0.6 is 0 Å². The topological polar surface area (TPSA) is 54.0 Å². The zero-order valence-electron chi connectivity index (χ0n) is 13.5. The molecule has 0 bridgehead atoms. The van der Waals surface area contributed by atoms with E-state index in [9.17, 15) is 4.79 Å². The van der Waals surface area contributed by atoms with Gasteiger partial charge < -0.3 is 10.6 Å². The highest BCUT2D eigenvalue weighted by atomic mass is 16.1. The molecular weight excluding hydrogens is 286 g/mol. The smallest absolute Gasteiger partial charge is 0.221 e. The lowest BCUT2D eigenvalue weighted by molar-refractivity contribution is -0.114. The SMILES string of the molecule is CC(=O)Nc1ccc(Nc2cc(C)nc3ccc(C)cc23)cc1. The summed E-state index contributed by atoms with van der Waals surface area (Å²) in [6.45, 7) is 5.57. The summed E-state index contributed by atoms with van der Waals surface area (Å²) in [6.07, 6.45) is 0. The normalized spacial score (nSPS) is 10.6. The maximum atomic E-state index is 11.1. The van der Waals surface area contributed by atoms with E-state index in [1.807, 2.05) is 43.3 Å². The molecule has 0 atom stereocenters. The van der Waals surface area contributed by atoms with E-state index in [1.54, 1.807) is 0 Å². The molecule has 3 rings (SSSR count). The summed E-state index contributed by atoms with van der Waals surface area (Å²) in [5.41, 5.74) is 5.93. The van der Waals surface area contributed by atoms with Crippen LogP contribution in [0.25, 0.3) is 10.9 Å². The molecule has 0 spiro atoms. The van der Waals surface area contributed by atoms with E-state index >= 15 is 0 Å². The van der Waals surface area contributed by atoms with Gasteiger partial charge in [-0.1, -0.05) is 11.6 Å². The van der Waals surface area contributed by atoms with E-state index in [4.69, 9.17) is 0 Å². The minimum absolute atomic E-state index is 0.0723. The number of anilines is 3. The number of fused-ring (bicyclic) bond motifs is 1. The van der Waals surface area contributed by atoms with E-state index in [2.05, 4.69) is 34.7 Å². The first kappa shape index (κ1) is 15.0. The lowest BCUT2D eigenvalue weighted by Crippen LogP contribution is -2.05. The summed E-state index contributed by atoms with van der Waals surface area (Å²) in [6, 6.07) is 15.9. The number of benzene rings is 2. The van der Waals surface area contributed by atoms with Gasteiger partial charge >= 0.3 is 0 Å². The van der Waals surface area contributed by atoms with Gasteiger partial charge in [-0.05, 0) is 56.3 Å². The molecular formula is C19H19N3O. The second-order valence-corrected chi connectivity index (χ2v) is 5.72. The number of carbonyl (C=O) groups excluding carboxylic acids is 1. The van der Waals surface area contributed by atoms with Crippen LogP contribution in [0.15, 0.2) is 48.5 Å². The molecule has 3 aromatic rings. The third kappa shape index (κ3) is 3.48. The van der Waals surface area contributed by atoms with Crippen LogP contribution in [0.1, 0.15) is 18.2 Å². The van der Waals surface area contributed by atoms with Crippen LogP contribution < -0.4 is 10.6 Å². The molecule has 0 radical (unpaired) electrons. The highest BCUT2D eigenvalue weighted by Crippen LogP contribution is 2.27. The second-order valence-electron chi connectivity index (χ2n) is 5.72. The Hall–Kier alpha value is -2.88. The maximum Gasteiger partial charge on any atom is 0.221 e. The summed E-state index contributed by atoms with van der Waals surface area (Å²) in [5, 5.41) is 7.31. The Bertz CT molecular complexity index is 870.